The average Bonchev–Trinajstić information content (AvgIpc) is 2.88. The molecule has 3 aromatic carbocycles. The summed E-state index contributed by atoms with van der Waals surface area (Å²) in [4.78, 5) is 24.4. The fraction of sp³-hybridized carbons (Fsp3) is 0.222. The molecule has 0 radical (unpaired) electrons. The van der Waals surface area contributed by atoms with Crippen LogP contribution >= 0.6 is 0 Å². The molecule has 8 nitrogen and oxygen atoms in total. The van der Waals surface area contributed by atoms with Crippen molar-refractivity contribution in [3.05, 3.63) is 88.7 Å². The van der Waals surface area contributed by atoms with Gasteiger partial charge in [-0.25, -0.2) is 13.5 Å². The van der Waals surface area contributed by atoms with Gasteiger partial charge in [-0.3, -0.25) is 9.59 Å². The van der Waals surface area contributed by atoms with E-state index in [4.69, 9.17) is 0 Å². The Bertz CT molecular complexity index is 1510. The molecule has 0 fully saturated rings. The standard InChI is InChI=1S/C27H28N4O4S/c1-36(34,35)22-14-12-21(13-15-22)20-10-7-19(8-11-20)9-16-25(32)28-17-4-18-29-26-23-5-2-3-6-24(23)27(33)31-30-26/h2-3,5-8,10-15H,4,9,16-18H2,1H3,(H,28,32)(H,29,30)(H,31,33). The zero-order valence-corrected chi connectivity index (χ0v) is 20.8. The van der Waals surface area contributed by atoms with Gasteiger partial charge in [-0.2, -0.15) is 5.10 Å². The molecule has 1 amide bonds. The van der Waals surface area contributed by atoms with Gasteiger partial charge in [0.15, 0.2) is 15.7 Å². The summed E-state index contributed by atoms with van der Waals surface area (Å²) in [6.07, 6.45) is 2.93. The Kier molecular flexibility index (Phi) is 7.80. The van der Waals surface area contributed by atoms with Gasteiger partial charge < -0.3 is 10.6 Å². The molecule has 0 aliphatic rings. The van der Waals surface area contributed by atoms with E-state index in [2.05, 4.69) is 20.8 Å². The minimum atomic E-state index is -3.21. The lowest BCUT2D eigenvalue weighted by molar-refractivity contribution is -0.121. The van der Waals surface area contributed by atoms with Crippen LogP contribution in [-0.2, 0) is 21.1 Å². The minimum absolute atomic E-state index is 0.0111. The minimum Gasteiger partial charge on any atom is -0.368 e. The van der Waals surface area contributed by atoms with Gasteiger partial charge in [0.1, 0.15) is 0 Å². The summed E-state index contributed by atoms with van der Waals surface area (Å²) in [6, 6.07) is 22.0. The Balaban J connectivity index is 1.19. The second-order valence-electron chi connectivity index (χ2n) is 8.57. The lowest BCUT2D eigenvalue weighted by Gasteiger charge is -2.09. The van der Waals surface area contributed by atoms with E-state index in [-0.39, 0.29) is 11.5 Å². The van der Waals surface area contributed by atoms with Crippen LogP contribution in [0, 0.1) is 0 Å². The number of hydrogen-bond donors (Lipinski definition) is 3. The van der Waals surface area contributed by atoms with E-state index < -0.39 is 9.84 Å². The molecule has 3 N–H and O–H groups in total. The van der Waals surface area contributed by atoms with Gasteiger partial charge >= 0.3 is 0 Å². The molecule has 1 aromatic heterocycles. The number of carbonyl (C=O) groups is 1. The van der Waals surface area contributed by atoms with Crippen LogP contribution in [0.4, 0.5) is 5.82 Å². The van der Waals surface area contributed by atoms with Crippen LogP contribution in [0.5, 0.6) is 0 Å². The van der Waals surface area contributed by atoms with E-state index in [1.165, 1.54) is 6.26 Å². The van der Waals surface area contributed by atoms with Crippen LogP contribution < -0.4 is 16.2 Å². The number of nitrogens with one attached hydrogen (secondary N) is 3. The van der Waals surface area contributed by atoms with Gasteiger partial charge in [-0.1, -0.05) is 54.6 Å². The Morgan fingerprint density at radius 1 is 0.889 bits per heavy atom. The molecular weight excluding hydrogens is 476 g/mol. The largest absolute Gasteiger partial charge is 0.368 e. The van der Waals surface area contributed by atoms with E-state index >= 15 is 0 Å². The summed E-state index contributed by atoms with van der Waals surface area (Å²) in [7, 11) is -3.21. The number of amides is 1. The fourth-order valence-corrected chi connectivity index (χ4v) is 4.51. The summed E-state index contributed by atoms with van der Waals surface area (Å²) < 4.78 is 23.2. The molecule has 0 aliphatic carbocycles. The first-order valence-corrected chi connectivity index (χ1v) is 13.6. The number of hydrogen-bond acceptors (Lipinski definition) is 6. The maximum atomic E-state index is 12.2. The molecule has 0 saturated heterocycles. The molecular formula is C27H28N4O4S. The van der Waals surface area contributed by atoms with Gasteiger partial charge in [-0.05, 0) is 47.7 Å². The quantitative estimate of drug-likeness (QED) is 0.284. The summed E-state index contributed by atoms with van der Waals surface area (Å²) in [5.41, 5.74) is 2.76. The number of carbonyl (C=O) groups excluding carboxylic acids is 1. The van der Waals surface area contributed by atoms with Crippen molar-refractivity contribution in [2.75, 3.05) is 24.7 Å². The molecule has 0 spiro atoms. The number of sulfone groups is 1. The summed E-state index contributed by atoms with van der Waals surface area (Å²) in [6.45, 7) is 1.14. The molecule has 1 heterocycles. The van der Waals surface area contributed by atoms with Crippen LogP contribution in [0.1, 0.15) is 18.4 Å². The highest BCUT2D eigenvalue weighted by atomic mass is 32.2. The van der Waals surface area contributed by atoms with Crippen molar-refractivity contribution in [1.82, 2.24) is 15.5 Å². The van der Waals surface area contributed by atoms with E-state index in [9.17, 15) is 18.0 Å². The Morgan fingerprint density at radius 2 is 1.53 bits per heavy atom. The molecule has 0 saturated carbocycles. The predicted molar refractivity (Wildman–Crippen MR) is 142 cm³/mol. The number of aryl methyl sites for hydroxylation is 1. The third-order valence-corrected chi connectivity index (χ3v) is 7.00. The van der Waals surface area contributed by atoms with Gasteiger partial charge in [0.25, 0.3) is 5.56 Å². The molecule has 9 heteroatoms. The van der Waals surface area contributed by atoms with E-state index in [1.807, 2.05) is 42.5 Å². The van der Waals surface area contributed by atoms with Crippen molar-refractivity contribution in [2.24, 2.45) is 0 Å². The lowest BCUT2D eigenvalue weighted by atomic mass is 10.0. The van der Waals surface area contributed by atoms with Crippen molar-refractivity contribution in [1.29, 1.82) is 0 Å². The summed E-state index contributed by atoms with van der Waals surface area (Å²) in [5.74, 6) is 0.606. The second-order valence-corrected chi connectivity index (χ2v) is 10.6. The highest BCUT2D eigenvalue weighted by molar-refractivity contribution is 7.90. The number of benzene rings is 3. The third-order valence-electron chi connectivity index (χ3n) is 5.87. The number of fused-ring (bicyclic) bond motifs is 1. The van der Waals surface area contributed by atoms with E-state index in [1.54, 1.807) is 30.3 Å². The van der Waals surface area contributed by atoms with Crippen LogP contribution in [0.15, 0.2) is 82.5 Å². The van der Waals surface area contributed by atoms with Gasteiger partial charge in [0.2, 0.25) is 5.91 Å². The second kappa shape index (κ2) is 11.2. The molecule has 0 unspecified atom stereocenters. The van der Waals surface area contributed by atoms with Gasteiger partial charge in [-0.15, -0.1) is 0 Å². The van der Waals surface area contributed by atoms with Crippen LogP contribution in [0.2, 0.25) is 0 Å². The zero-order chi connectivity index (χ0) is 25.5. The highest BCUT2D eigenvalue weighted by Gasteiger charge is 2.08. The van der Waals surface area contributed by atoms with Crippen molar-refractivity contribution in [2.45, 2.75) is 24.2 Å². The number of aromatic amines is 1. The topological polar surface area (TPSA) is 121 Å². The third kappa shape index (κ3) is 6.37. The Hall–Kier alpha value is -3.98. The normalized spacial score (nSPS) is 11.4. The van der Waals surface area contributed by atoms with Crippen LogP contribution in [-0.4, -0.2) is 43.9 Å². The van der Waals surface area contributed by atoms with Gasteiger partial charge in [0.05, 0.1) is 10.3 Å². The highest BCUT2D eigenvalue weighted by Crippen LogP contribution is 2.22. The number of aromatic nitrogens is 2. The first-order chi connectivity index (χ1) is 17.3. The van der Waals surface area contributed by atoms with Crippen molar-refractivity contribution >= 4 is 32.3 Å². The van der Waals surface area contributed by atoms with Crippen molar-refractivity contribution < 1.29 is 13.2 Å². The smallest absolute Gasteiger partial charge is 0.272 e. The Morgan fingerprint density at radius 3 is 2.19 bits per heavy atom. The molecule has 186 valence electrons. The SMILES string of the molecule is CS(=O)(=O)c1ccc(-c2ccc(CCC(=O)NCCCNc3n[nH]c(=O)c4ccccc34)cc2)cc1. The van der Waals surface area contributed by atoms with Crippen LogP contribution in [0.25, 0.3) is 21.9 Å². The first-order valence-electron chi connectivity index (χ1n) is 11.7. The monoisotopic (exact) mass is 504 g/mol. The number of nitrogens with zero attached hydrogens (tertiary/aromatic N) is 1. The number of H-pyrrole nitrogens is 1. The zero-order valence-electron chi connectivity index (χ0n) is 20.0. The predicted octanol–water partition coefficient (Wildman–Crippen LogP) is 3.54. The van der Waals surface area contributed by atoms with Crippen LogP contribution in [0.3, 0.4) is 0 Å². The molecule has 4 rings (SSSR count). The molecule has 4 aromatic rings. The lowest BCUT2D eigenvalue weighted by Crippen LogP contribution is -2.26. The number of anilines is 1. The molecule has 0 aliphatic heterocycles. The van der Waals surface area contributed by atoms with Gasteiger partial charge in [0, 0.05) is 31.2 Å². The molecule has 36 heavy (non-hydrogen) atoms. The average molecular weight is 505 g/mol. The molecule has 0 atom stereocenters. The number of rotatable bonds is 10. The van der Waals surface area contributed by atoms with E-state index in [0.29, 0.717) is 48.5 Å². The van der Waals surface area contributed by atoms with E-state index in [0.717, 1.165) is 22.1 Å². The van der Waals surface area contributed by atoms with Crippen molar-refractivity contribution in [3.63, 3.8) is 0 Å². The maximum Gasteiger partial charge on any atom is 0.272 e. The maximum absolute atomic E-state index is 12.2. The van der Waals surface area contributed by atoms with Crippen molar-refractivity contribution in [3.8, 4) is 11.1 Å². The fourth-order valence-electron chi connectivity index (χ4n) is 3.88. The first kappa shape index (κ1) is 25.1. The summed E-state index contributed by atoms with van der Waals surface area (Å²) >= 11 is 0. The summed E-state index contributed by atoms with van der Waals surface area (Å²) in [5, 5.41) is 14.1. The Labute approximate surface area is 209 Å². The molecule has 0 bridgehead atoms.